The van der Waals surface area contributed by atoms with E-state index in [1.165, 1.54) is 225 Å². The van der Waals surface area contributed by atoms with Crippen molar-refractivity contribution in [3.63, 3.8) is 0 Å². The number of carbonyl (C=O) groups excluding carboxylic acids is 1. The van der Waals surface area contributed by atoms with Crippen molar-refractivity contribution in [1.29, 1.82) is 0 Å². The summed E-state index contributed by atoms with van der Waals surface area (Å²) in [5.41, 5.74) is 0. The van der Waals surface area contributed by atoms with Crippen molar-refractivity contribution < 1.29 is 89.4 Å². The lowest BCUT2D eigenvalue weighted by Gasteiger charge is -2.48. The van der Waals surface area contributed by atoms with Gasteiger partial charge in [-0.1, -0.05) is 288 Å². The summed E-state index contributed by atoms with van der Waals surface area (Å²) in [6.07, 6.45) is 41.3. The summed E-state index contributed by atoms with van der Waals surface area (Å²) >= 11 is 0. The van der Waals surface area contributed by atoms with Crippen LogP contribution in [-0.4, -0.2) is 193 Å². The SMILES string of the molecule is CCCCCCCCCCCCCCCC/C=C/CC/C=C/CC/C=C/C(O)C(COC1OC(CO)C(OC2OC(CO)C(OC3OC(CO)C(O)C(O)C3O)C(O)C2O)C(O)C1O)NC(=O)CCCCCCCCCCCCCCCCCCCCCCCCCCC. The first-order chi connectivity index (χ1) is 45.8. The minimum atomic E-state index is -1.98. The third-order valence-electron chi connectivity index (χ3n) is 19.2. The predicted octanol–water partition coefficient (Wildman–Crippen LogP) is 11.6. The molecular formula is C75H139NO18. The maximum absolute atomic E-state index is 13.4. The van der Waals surface area contributed by atoms with Crippen molar-refractivity contribution in [2.75, 3.05) is 26.4 Å². The molecule has 19 nitrogen and oxygen atoms in total. The van der Waals surface area contributed by atoms with E-state index in [1.807, 2.05) is 6.08 Å². The molecule has 0 aromatic heterocycles. The Hall–Kier alpha value is -1.99. The molecule has 3 rings (SSSR count). The van der Waals surface area contributed by atoms with Gasteiger partial charge in [0.15, 0.2) is 18.9 Å². The highest BCUT2D eigenvalue weighted by Crippen LogP contribution is 2.33. The number of nitrogens with one attached hydrogen (secondary N) is 1. The van der Waals surface area contributed by atoms with Gasteiger partial charge in [0.25, 0.3) is 0 Å². The molecule has 1 amide bonds. The standard InChI is InChI=1S/C75H139NO18/c1-3-5-7-9-11-13-15-17-19-21-23-25-27-29-31-33-35-37-39-41-43-45-47-49-51-53-63(81)76-58(59(80)52-50-48-46-44-42-40-38-36-34-32-30-28-26-24-22-20-18-16-14-12-10-8-6-4-2)57-89-73-69(87)66(84)71(61(55-78)91-73)94-75-70(88)67(85)72(62(56-79)92-75)93-74-68(86)65(83)64(82)60(54-77)90-74/h34,36,42,44,50,52,58-62,64-75,77-80,82-88H,3-33,35,37-41,43,45-49,51,53-57H2,1-2H3,(H,76,81)/b36-34+,44-42+,52-50+. The van der Waals surface area contributed by atoms with Gasteiger partial charge in [-0.15, -0.1) is 0 Å². The normalized spacial score (nSPS) is 27.5. The number of hydrogen-bond acceptors (Lipinski definition) is 18. The van der Waals surface area contributed by atoms with Gasteiger partial charge in [-0.05, 0) is 44.9 Å². The quantitative estimate of drug-likeness (QED) is 0.0199. The highest BCUT2D eigenvalue weighted by molar-refractivity contribution is 5.76. The summed E-state index contributed by atoms with van der Waals surface area (Å²) in [5, 5.41) is 121. The van der Waals surface area contributed by atoms with Crippen molar-refractivity contribution in [3.8, 4) is 0 Å². The molecule has 0 radical (unpaired) electrons. The van der Waals surface area contributed by atoms with Crippen molar-refractivity contribution in [1.82, 2.24) is 5.32 Å². The van der Waals surface area contributed by atoms with Crippen LogP contribution in [0.4, 0.5) is 0 Å². The number of amides is 1. The van der Waals surface area contributed by atoms with Crippen LogP contribution in [-0.2, 0) is 33.2 Å². The Morgan fingerprint density at radius 1 is 0.372 bits per heavy atom. The first-order valence-corrected chi connectivity index (χ1v) is 38.2. The minimum absolute atomic E-state index is 0.236. The highest BCUT2D eigenvalue weighted by Gasteiger charge is 2.53. The van der Waals surface area contributed by atoms with E-state index in [1.54, 1.807) is 6.08 Å². The van der Waals surface area contributed by atoms with E-state index >= 15 is 0 Å². The van der Waals surface area contributed by atoms with E-state index in [9.17, 15) is 61.0 Å². The average Bonchev–Trinajstić information content (AvgIpc) is 0.787. The van der Waals surface area contributed by atoms with Gasteiger partial charge in [-0.25, -0.2) is 0 Å². The molecule has 0 aromatic rings. The molecule has 3 saturated heterocycles. The molecule has 0 bridgehead atoms. The van der Waals surface area contributed by atoms with Gasteiger partial charge in [-0.3, -0.25) is 4.79 Å². The number of aliphatic hydroxyl groups excluding tert-OH is 11. The maximum atomic E-state index is 13.4. The number of allylic oxidation sites excluding steroid dienone is 5. The molecule has 3 fully saturated rings. The second kappa shape index (κ2) is 56.7. The maximum Gasteiger partial charge on any atom is 0.220 e. The molecule has 19 heteroatoms. The van der Waals surface area contributed by atoms with Crippen LogP contribution in [0.2, 0.25) is 0 Å². The van der Waals surface area contributed by atoms with E-state index in [0.717, 1.165) is 44.9 Å². The summed E-state index contributed by atoms with van der Waals surface area (Å²) in [6.45, 7) is 1.75. The Bertz CT molecular complexity index is 1840. The molecule has 17 unspecified atom stereocenters. The lowest BCUT2D eigenvalue weighted by molar-refractivity contribution is -0.379. The number of unbranched alkanes of at least 4 members (excludes halogenated alkanes) is 40. The number of ether oxygens (including phenoxy) is 6. The lowest BCUT2D eigenvalue weighted by atomic mass is 9.96. The zero-order chi connectivity index (χ0) is 68.2. The Labute approximate surface area is 568 Å². The minimum Gasteiger partial charge on any atom is -0.394 e. The number of hydrogen-bond donors (Lipinski definition) is 12. The van der Waals surface area contributed by atoms with E-state index in [4.69, 9.17) is 28.4 Å². The molecule has 552 valence electrons. The fourth-order valence-electron chi connectivity index (χ4n) is 13.0. The number of rotatable bonds is 60. The van der Waals surface area contributed by atoms with Gasteiger partial charge in [0.1, 0.15) is 73.2 Å². The van der Waals surface area contributed by atoms with Crippen LogP contribution in [0.3, 0.4) is 0 Å². The van der Waals surface area contributed by atoms with Crippen LogP contribution < -0.4 is 5.32 Å². The third-order valence-corrected chi connectivity index (χ3v) is 19.2. The van der Waals surface area contributed by atoms with Crippen LogP contribution in [0.5, 0.6) is 0 Å². The number of aliphatic hydroxyl groups is 11. The fourth-order valence-corrected chi connectivity index (χ4v) is 13.0. The van der Waals surface area contributed by atoms with Crippen LogP contribution in [0.25, 0.3) is 0 Å². The van der Waals surface area contributed by atoms with Crippen LogP contribution in [0, 0.1) is 0 Å². The number of carbonyl (C=O) groups is 1. The Kier molecular flexibility index (Phi) is 52.0. The molecular weight excluding hydrogens is 1200 g/mol. The first-order valence-electron chi connectivity index (χ1n) is 38.2. The molecule has 12 N–H and O–H groups in total. The van der Waals surface area contributed by atoms with Gasteiger partial charge < -0.3 is 89.9 Å². The Balaban J connectivity index is 1.42. The van der Waals surface area contributed by atoms with Crippen LogP contribution in [0.15, 0.2) is 36.5 Å². The average molecular weight is 1340 g/mol. The molecule has 3 aliphatic heterocycles. The van der Waals surface area contributed by atoms with Gasteiger partial charge in [0.05, 0.1) is 38.6 Å². The van der Waals surface area contributed by atoms with Crippen molar-refractivity contribution in [3.05, 3.63) is 36.5 Å². The van der Waals surface area contributed by atoms with Crippen LogP contribution >= 0.6 is 0 Å². The Morgan fingerprint density at radius 2 is 0.681 bits per heavy atom. The van der Waals surface area contributed by atoms with Gasteiger partial charge >= 0.3 is 0 Å². The molecule has 0 aromatic carbocycles. The van der Waals surface area contributed by atoms with E-state index in [2.05, 4.69) is 43.5 Å². The smallest absolute Gasteiger partial charge is 0.220 e. The predicted molar refractivity (Wildman–Crippen MR) is 369 cm³/mol. The summed E-state index contributed by atoms with van der Waals surface area (Å²) in [5.74, 6) is -0.284. The van der Waals surface area contributed by atoms with Gasteiger partial charge in [0, 0.05) is 6.42 Å². The van der Waals surface area contributed by atoms with E-state index in [0.29, 0.717) is 12.8 Å². The molecule has 17 atom stereocenters. The molecule has 0 saturated carbocycles. The van der Waals surface area contributed by atoms with Gasteiger partial charge in [-0.2, -0.15) is 0 Å². The van der Waals surface area contributed by atoms with E-state index < -0.39 is 124 Å². The molecule has 3 aliphatic rings. The second-order valence-corrected chi connectivity index (χ2v) is 27.5. The summed E-state index contributed by atoms with van der Waals surface area (Å²) in [4.78, 5) is 13.4. The van der Waals surface area contributed by atoms with Crippen molar-refractivity contribution in [2.24, 2.45) is 0 Å². The van der Waals surface area contributed by atoms with Crippen LogP contribution in [0.1, 0.15) is 303 Å². The van der Waals surface area contributed by atoms with Crippen molar-refractivity contribution in [2.45, 2.75) is 407 Å². The third kappa shape index (κ3) is 37.4. The zero-order valence-electron chi connectivity index (χ0n) is 58.7. The fraction of sp³-hybridized carbons (Fsp3) is 0.907. The van der Waals surface area contributed by atoms with Crippen molar-refractivity contribution >= 4 is 5.91 Å². The van der Waals surface area contributed by atoms with E-state index in [-0.39, 0.29) is 18.9 Å². The monoisotopic (exact) mass is 1340 g/mol. The molecule has 3 heterocycles. The lowest BCUT2D eigenvalue weighted by Crippen LogP contribution is -2.66. The summed E-state index contributed by atoms with van der Waals surface area (Å²) in [6, 6.07) is -0.995. The second-order valence-electron chi connectivity index (χ2n) is 27.5. The molecule has 94 heavy (non-hydrogen) atoms. The highest BCUT2D eigenvalue weighted by atomic mass is 16.8. The summed E-state index contributed by atoms with van der Waals surface area (Å²) in [7, 11) is 0. The molecule has 0 spiro atoms. The first kappa shape index (κ1) is 86.2. The summed E-state index contributed by atoms with van der Waals surface area (Å²) < 4.78 is 34.4. The Morgan fingerprint density at radius 3 is 1.06 bits per heavy atom. The largest absolute Gasteiger partial charge is 0.394 e. The zero-order valence-corrected chi connectivity index (χ0v) is 58.7. The topological polar surface area (TPSA) is 307 Å². The van der Waals surface area contributed by atoms with Gasteiger partial charge in [0.2, 0.25) is 5.91 Å². The molecule has 0 aliphatic carbocycles.